The van der Waals surface area contributed by atoms with Crippen molar-refractivity contribution in [2.45, 2.75) is 31.7 Å². The van der Waals surface area contributed by atoms with E-state index in [9.17, 15) is 13.2 Å². The van der Waals surface area contributed by atoms with Gasteiger partial charge in [0.25, 0.3) is 0 Å². The first kappa shape index (κ1) is 22.8. The zero-order valence-corrected chi connectivity index (χ0v) is 18.6. The Balaban J connectivity index is 1.61. The predicted octanol–water partition coefficient (Wildman–Crippen LogP) is 4.37. The van der Waals surface area contributed by atoms with Crippen molar-refractivity contribution >= 4 is 15.7 Å². The fourth-order valence-corrected chi connectivity index (χ4v) is 5.09. The molecule has 162 valence electrons. The number of sulfone groups is 1. The second-order valence-electron chi connectivity index (χ2n) is 7.84. The number of nitrogens with one attached hydrogen (secondary N) is 1. The highest BCUT2D eigenvalue weighted by molar-refractivity contribution is 7.92. The maximum absolute atomic E-state index is 12.6. The van der Waals surface area contributed by atoms with Crippen LogP contribution in [0.15, 0.2) is 91.0 Å². The van der Waals surface area contributed by atoms with Crippen LogP contribution in [0.2, 0.25) is 0 Å². The van der Waals surface area contributed by atoms with Gasteiger partial charge in [-0.25, -0.2) is 8.42 Å². The van der Waals surface area contributed by atoms with Crippen molar-refractivity contribution in [2.24, 2.45) is 0 Å². The van der Waals surface area contributed by atoms with Crippen LogP contribution in [0.25, 0.3) is 0 Å². The molecule has 0 bridgehead atoms. The molecule has 31 heavy (non-hydrogen) atoms. The van der Waals surface area contributed by atoms with Crippen molar-refractivity contribution < 1.29 is 13.2 Å². The van der Waals surface area contributed by atoms with Gasteiger partial charge in [-0.1, -0.05) is 91.0 Å². The highest BCUT2D eigenvalue weighted by Gasteiger charge is 2.24. The molecule has 0 aromatic heterocycles. The zero-order chi connectivity index (χ0) is 22.1. The van der Waals surface area contributed by atoms with Crippen LogP contribution in [0.1, 0.15) is 36.0 Å². The Morgan fingerprint density at radius 3 is 1.81 bits per heavy atom. The summed E-state index contributed by atoms with van der Waals surface area (Å²) in [5, 5.41) is 2.92. The number of hydrogen-bond donors (Lipinski definition) is 1. The molecule has 0 aliphatic carbocycles. The predicted molar refractivity (Wildman–Crippen MR) is 126 cm³/mol. The molecule has 3 rings (SSSR count). The van der Waals surface area contributed by atoms with Crippen LogP contribution in [0.3, 0.4) is 0 Å². The summed E-state index contributed by atoms with van der Waals surface area (Å²) >= 11 is 0. The van der Waals surface area contributed by atoms with E-state index in [2.05, 4.69) is 5.32 Å². The number of carbonyl (C=O) groups excluding carboxylic acids is 1. The van der Waals surface area contributed by atoms with Gasteiger partial charge in [0.05, 0.1) is 5.75 Å². The Hall–Kier alpha value is -2.92. The van der Waals surface area contributed by atoms with Gasteiger partial charge in [-0.05, 0) is 36.5 Å². The molecule has 0 aliphatic rings. The summed E-state index contributed by atoms with van der Waals surface area (Å²) in [6.07, 6.45) is 1.19. The molecule has 0 spiro atoms. The molecule has 0 fully saturated rings. The van der Waals surface area contributed by atoms with Crippen molar-refractivity contribution in [2.75, 3.05) is 11.5 Å². The molecular formula is C26H29NO3S. The van der Waals surface area contributed by atoms with Gasteiger partial charge in [-0.3, -0.25) is 4.79 Å². The number of aryl methyl sites for hydroxylation is 1. The average molecular weight is 436 g/mol. The lowest BCUT2D eigenvalue weighted by Gasteiger charge is -2.26. The van der Waals surface area contributed by atoms with E-state index in [1.54, 1.807) is 0 Å². The number of benzene rings is 3. The summed E-state index contributed by atoms with van der Waals surface area (Å²) in [4.78, 5) is 12.6. The largest absolute Gasteiger partial charge is 0.352 e. The molecule has 5 heteroatoms. The van der Waals surface area contributed by atoms with Crippen molar-refractivity contribution in [1.82, 2.24) is 5.32 Å². The highest BCUT2D eigenvalue weighted by Crippen LogP contribution is 2.27. The lowest BCUT2D eigenvalue weighted by molar-refractivity contribution is -0.119. The fraction of sp³-hybridized carbons (Fsp3) is 0.269. The van der Waals surface area contributed by atoms with E-state index in [0.717, 1.165) is 16.7 Å². The summed E-state index contributed by atoms with van der Waals surface area (Å²) < 4.78 is 24.9. The quantitative estimate of drug-likeness (QED) is 0.514. The molecule has 1 unspecified atom stereocenters. The third-order valence-corrected chi connectivity index (χ3v) is 6.93. The maximum atomic E-state index is 12.6. The number of rotatable bonds is 10. The topological polar surface area (TPSA) is 63.2 Å². The monoisotopic (exact) mass is 435 g/mol. The van der Waals surface area contributed by atoms with Gasteiger partial charge in [0.2, 0.25) is 5.91 Å². The Bertz CT molecular complexity index is 1010. The molecule has 3 aromatic rings. The average Bonchev–Trinajstić information content (AvgIpc) is 2.75. The standard InChI is InChI=1S/C26H29NO3S/c1-21(26(23-15-7-3-8-16-23)24-17-9-4-10-18-24)27-25(28)20-31(29,30)19-11-14-22-12-5-2-6-13-22/h2-10,12-13,15-18,21,26H,11,14,19-20H2,1H3,(H,27,28). The maximum Gasteiger partial charge on any atom is 0.235 e. The van der Waals surface area contributed by atoms with E-state index in [4.69, 9.17) is 0 Å². The third-order valence-electron chi connectivity index (χ3n) is 5.32. The van der Waals surface area contributed by atoms with E-state index in [1.807, 2.05) is 97.9 Å². The molecule has 3 aromatic carbocycles. The number of carbonyl (C=O) groups is 1. The molecule has 0 saturated heterocycles. The smallest absolute Gasteiger partial charge is 0.235 e. The van der Waals surface area contributed by atoms with Crippen LogP contribution >= 0.6 is 0 Å². The molecule has 1 atom stereocenters. The van der Waals surface area contributed by atoms with E-state index < -0.39 is 21.5 Å². The van der Waals surface area contributed by atoms with Gasteiger partial charge in [-0.2, -0.15) is 0 Å². The molecule has 1 N–H and O–H groups in total. The van der Waals surface area contributed by atoms with Crippen LogP contribution in [0.5, 0.6) is 0 Å². The summed E-state index contributed by atoms with van der Waals surface area (Å²) in [6, 6.07) is 29.4. The first-order valence-corrected chi connectivity index (χ1v) is 12.4. The molecule has 0 radical (unpaired) electrons. The summed E-state index contributed by atoms with van der Waals surface area (Å²) in [5.74, 6) is -0.997. The van der Waals surface area contributed by atoms with Gasteiger partial charge in [-0.15, -0.1) is 0 Å². The van der Waals surface area contributed by atoms with Crippen LogP contribution in [0, 0.1) is 0 Å². The molecule has 4 nitrogen and oxygen atoms in total. The van der Waals surface area contributed by atoms with Crippen molar-refractivity contribution in [3.8, 4) is 0 Å². The Labute approximate surface area is 185 Å². The number of hydrogen-bond acceptors (Lipinski definition) is 3. The molecule has 0 aliphatic heterocycles. The second-order valence-corrected chi connectivity index (χ2v) is 10.0. The lowest BCUT2D eigenvalue weighted by Crippen LogP contribution is -2.40. The van der Waals surface area contributed by atoms with Crippen LogP contribution < -0.4 is 5.32 Å². The first-order chi connectivity index (χ1) is 14.9. The Morgan fingerprint density at radius 1 is 0.806 bits per heavy atom. The lowest BCUT2D eigenvalue weighted by atomic mass is 9.86. The molecule has 0 saturated carbocycles. The fourth-order valence-electron chi connectivity index (χ4n) is 3.88. The minimum Gasteiger partial charge on any atom is -0.352 e. The highest BCUT2D eigenvalue weighted by atomic mass is 32.2. The van der Waals surface area contributed by atoms with E-state index in [0.29, 0.717) is 12.8 Å². The van der Waals surface area contributed by atoms with Gasteiger partial charge < -0.3 is 5.32 Å². The molecule has 1 amide bonds. The Kier molecular flexibility index (Phi) is 8.01. The summed E-state index contributed by atoms with van der Waals surface area (Å²) in [6.45, 7) is 1.92. The van der Waals surface area contributed by atoms with Gasteiger partial charge >= 0.3 is 0 Å². The van der Waals surface area contributed by atoms with E-state index in [-0.39, 0.29) is 17.7 Å². The van der Waals surface area contributed by atoms with Gasteiger partial charge in [0.15, 0.2) is 9.84 Å². The number of amides is 1. The van der Waals surface area contributed by atoms with Gasteiger partial charge in [0, 0.05) is 12.0 Å². The third kappa shape index (κ3) is 7.07. The van der Waals surface area contributed by atoms with Crippen LogP contribution in [0.4, 0.5) is 0 Å². The SMILES string of the molecule is CC(NC(=O)CS(=O)(=O)CCCc1ccccc1)C(c1ccccc1)c1ccccc1. The molecule has 0 heterocycles. The summed E-state index contributed by atoms with van der Waals surface area (Å²) in [7, 11) is -3.46. The van der Waals surface area contributed by atoms with E-state index in [1.165, 1.54) is 0 Å². The molecular weight excluding hydrogens is 406 g/mol. The Morgan fingerprint density at radius 2 is 1.29 bits per heavy atom. The zero-order valence-electron chi connectivity index (χ0n) is 17.8. The van der Waals surface area contributed by atoms with E-state index >= 15 is 0 Å². The van der Waals surface area contributed by atoms with Crippen molar-refractivity contribution in [3.05, 3.63) is 108 Å². The minimum atomic E-state index is -3.46. The minimum absolute atomic E-state index is 0.00446. The van der Waals surface area contributed by atoms with Crippen LogP contribution in [-0.2, 0) is 21.1 Å². The normalized spacial score (nSPS) is 12.5. The van der Waals surface area contributed by atoms with Crippen molar-refractivity contribution in [1.29, 1.82) is 0 Å². The second kappa shape index (κ2) is 10.9. The van der Waals surface area contributed by atoms with Crippen LogP contribution in [-0.4, -0.2) is 31.9 Å². The first-order valence-electron chi connectivity index (χ1n) is 10.6. The van der Waals surface area contributed by atoms with Gasteiger partial charge in [0.1, 0.15) is 5.75 Å². The summed E-state index contributed by atoms with van der Waals surface area (Å²) in [5.41, 5.74) is 3.25. The van der Waals surface area contributed by atoms with Crippen molar-refractivity contribution in [3.63, 3.8) is 0 Å².